The second kappa shape index (κ2) is 9.88. The second-order valence-electron chi connectivity index (χ2n) is 7.98. The Morgan fingerprint density at radius 3 is 2.59 bits per heavy atom. The molecule has 7 heteroatoms. The third-order valence-electron chi connectivity index (χ3n) is 6.14. The van der Waals surface area contributed by atoms with Crippen molar-refractivity contribution in [2.24, 2.45) is 0 Å². The maximum Gasteiger partial charge on any atom is 0.264 e. The maximum absolute atomic E-state index is 13.7. The Balaban J connectivity index is 1.63. The van der Waals surface area contributed by atoms with Gasteiger partial charge in [0.15, 0.2) is 0 Å². The first-order valence-electron chi connectivity index (χ1n) is 10.9. The van der Waals surface area contributed by atoms with Gasteiger partial charge in [-0.15, -0.1) is 22.7 Å². The fourth-order valence-corrected chi connectivity index (χ4v) is 5.74. The standard InChI is InChI=1S/C25H28N2O3S2/c1-4-17(2)27(25(29)22-6-5-14-31-22)16-23(28)26-13-11-21-20(12-15-32-21)24(26)18-7-9-19(30-3)10-8-18/h5-10,12,14-15,17,24H,4,11,13,16H2,1-3H3. The Morgan fingerprint density at radius 1 is 1.16 bits per heavy atom. The van der Waals surface area contributed by atoms with Crippen molar-refractivity contribution in [2.45, 2.75) is 38.8 Å². The molecule has 2 atom stereocenters. The van der Waals surface area contributed by atoms with E-state index in [0.29, 0.717) is 11.4 Å². The van der Waals surface area contributed by atoms with Crippen molar-refractivity contribution in [1.29, 1.82) is 0 Å². The molecule has 5 nitrogen and oxygen atoms in total. The van der Waals surface area contributed by atoms with Crippen LogP contribution in [0.15, 0.2) is 53.2 Å². The molecule has 1 aliphatic heterocycles. The number of hydrogen-bond acceptors (Lipinski definition) is 5. The van der Waals surface area contributed by atoms with Gasteiger partial charge in [0.05, 0.1) is 18.0 Å². The maximum atomic E-state index is 13.7. The summed E-state index contributed by atoms with van der Waals surface area (Å²) in [5.74, 6) is 0.697. The van der Waals surface area contributed by atoms with E-state index in [1.54, 1.807) is 23.3 Å². The first kappa shape index (κ1) is 22.6. The first-order valence-corrected chi connectivity index (χ1v) is 12.6. The average molecular weight is 469 g/mol. The number of rotatable bonds is 7. The van der Waals surface area contributed by atoms with Crippen LogP contribution in [0.4, 0.5) is 0 Å². The van der Waals surface area contributed by atoms with E-state index in [9.17, 15) is 9.59 Å². The lowest BCUT2D eigenvalue weighted by Gasteiger charge is -2.38. The van der Waals surface area contributed by atoms with Crippen LogP contribution in [0, 0.1) is 0 Å². The molecule has 2 unspecified atom stereocenters. The molecule has 1 aromatic carbocycles. The van der Waals surface area contributed by atoms with Crippen LogP contribution in [-0.2, 0) is 11.2 Å². The van der Waals surface area contributed by atoms with E-state index in [4.69, 9.17) is 4.74 Å². The number of fused-ring (bicyclic) bond motifs is 1. The molecule has 0 saturated carbocycles. The highest BCUT2D eigenvalue weighted by Gasteiger charge is 2.35. The minimum atomic E-state index is -0.154. The van der Waals surface area contributed by atoms with Crippen molar-refractivity contribution >= 4 is 34.5 Å². The molecule has 0 saturated heterocycles. The van der Waals surface area contributed by atoms with Crippen molar-refractivity contribution in [3.63, 3.8) is 0 Å². The second-order valence-corrected chi connectivity index (χ2v) is 9.93. The summed E-state index contributed by atoms with van der Waals surface area (Å²) in [7, 11) is 1.65. The number of nitrogens with zero attached hydrogens (tertiary/aromatic N) is 2. The summed E-state index contributed by atoms with van der Waals surface area (Å²) in [6.07, 6.45) is 1.63. The Kier molecular flexibility index (Phi) is 6.96. The molecule has 0 N–H and O–H groups in total. The number of hydrogen-bond donors (Lipinski definition) is 0. The molecule has 0 aliphatic carbocycles. The van der Waals surface area contributed by atoms with Crippen molar-refractivity contribution in [3.8, 4) is 5.75 Å². The predicted molar refractivity (Wildman–Crippen MR) is 130 cm³/mol. The molecule has 168 valence electrons. The number of ether oxygens (including phenoxy) is 1. The van der Waals surface area contributed by atoms with Crippen molar-refractivity contribution in [1.82, 2.24) is 9.80 Å². The number of amides is 2. The molecule has 3 heterocycles. The summed E-state index contributed by atoms with van der Waals surface area (Å²) in [4.78, 5) is 32.5. The quantitative estimate of drug-likeness (QED) is 0.477. The van der Waals surface area contributed by atoms with Crippen LogP contribution in [0.2, 0.25) is 0 Å². The van der Waals surface area contributed by atoms with Crippen LogP contribution in [0.1, 0.15) is 52.0 Å². The lowest BCUT2D eigenvalue weighted by Crippen LogP contribution is -2.49. The summed E-state index contributed by atoms with van der Waals surface area (Å²) in [6, 6.07) is 13.6. The molecule has 3 aromatic rings. The van der Waals surface area contributed by atoms with Gasteiger partial charge >= 0.3 is 0 Å². The van der Waals surface area contributed by atoms with Crippen molar-refractivity contribution in [3.05, 3.63) is 74.1 Å². The minimum Gasteiger partial charge on any atom is -0.497 e. The Bertz CT molecular complexity index is 1060. The fraction of sp³-hybridized carbons (Fsp3) is 0.360. The van der Waals surface area contributed by atoms with Crippen molar-refractivity contribution < 1.29 is 14.3 Å². The van der Waals surface area contributed by atoms with Crippen LogP contribution in [-0.4, -0.2) is 47.9 Å². The summed E-state index contributed by atoms with van der Waals surface area (Å²) >= 11 is 3.16. The third kappa shape index (κ3) is 4.45. The van der Waals surface area contributed by atoms with Gasteiger partial charge in [-0.1, -0.05) is 25.1 Å². The summed E-state index contributed by atoms with van der Waals surface area (Å²) in [6.45, 7) is 4.78. The van der Waals surface area contributed by atoms with E-state index in [2.05, 4.69) is 11.4 Å². The molecule has 32 heavy (non-hydrogen) atoms. The van der Waals surface area contributed by atoms with E-state index in [-0.39, 0.29) is 30.4 Å². The monoisotopic (exact) mass is 468 g/mol. The van der Waals surface area contributed by atoms with Gasteiger partial charge in [-0.05, 0) is 65.9 Å². The molecule has 0 spiro atoms. The number of methoxy groups -OCH3 is 1. The number of benzene rings is 1. The third-order valence-corrected chi connectivity index (χ3v) is 7.99. The number of carbonyl (C=O) groups is 2. The van der Waals surface area contributed by atoms with Crippen molar-refractivity contribution in [2.75, 3.05) is 20.2 Å². The largest absolute Gasteiger partial charge is 0.497 e. The molecule has 2 amide bonds. The van der Waals surface area contributed by atoms with Crippen LogP contribution >= 0.6 is 22.7 Å². The average Bonchev–Trinajstić information content (AvgIpc) is 3.53. The summed E-state index contributed by atoms with van der Waals surface area (Å²) in [5, 5.41) is 3.99. The van der Waals surface area contributed by atoms with Crippen LogP contribution < -0.4 is 4.74 Å². The van der Waals surface area contributed by atoms with E-state index in [0.717, 1.165) is 24.2 Å². The fourth-order valence-electron chi connectivity index (χ4n) is 4.16. The zero-order chi connectivity index (χ0) is 22.7. The van der Waals surface area contributed by atoms with Gasteiger partial charge in [0.25, 0.3) is 5.91 Å². The van der Waals surface area contributed by atoms with Gasteiger partial charge in [0.2, 0.25) is 5.91 Å². The topological polar surface area (TPSA) is 49.9 Å². The zero-order valence-electron chi connectivity index (χ0n) is 18.6. The SMILES string of the molecule is CCC(C)N(CC(=O)N1CCc2sccc2C1c1ccc(OC)cc1)C(=O)c1cccs1. The predicted octanol–water partition coefficient (Wildman–Crippen LogP) is 5.23. The summed E-state index contributed by atoms with van der Waals surface area (Å²) < 4.78 is 5.32. The van der Waals surface area contributed by atoms with Gasteiger partial charge in [-0.3, -0.25) is 9.59 Å². The molecular weight excluding hydrogens is 440 g/mol. The number of thiophene rings is 2. The van der Waals surface area contributed by atoms with E-state index in [1.165, 1.54) is 21.8 Å². The minimum absolute atomic E-state index is 0.0190. The van der Waals surface area contributed by atoms with E-state index >= 15 is 0 Å². The first-order chi connectivity index (χ1) is 15.5. The highest BCUT2D eigenvalue weighted by atomic mass is 32.1. The molecule has 2 aromatic heterocycles. The smallest absolute Gasteiger partial charge is 0.264 e. The molecule has 0 radical (unpaired) electrons. The molecule has 0 bridgehead atoms. The highest BCUT2D eigenvalue weighted by molar-refractivity contribution is 7.12. The normalized spacial score (nSPS) is 16.3. The van der Waals surface area contributed by atoms with E-state index < -0.39 is 0 Å². The Morgan fingerprint density at radius 2 is 1.94 bits per heavy atom. The van der Waals surface area contributed by atoms with E-state index in [1.807, 2.05) is 60.5 Å². The summed E-state index contributed by atoms with van der Waals surface area (Å²) in [5.41, 5.74) is 2.23. The Labute approximate surface area is 197 Å². The highest BCUT2D eigenvalue weighted by Crippen LogP contribution is 2.38. The van der Waals surface area contributed by atoms with Crippen LogP contribution in [0.25, 0.3) is 0 Å². The zero-order valence-corrected chi connectivity index (χ0v) is 20.2. The van der Waals surface area contributed by atoms with Gasteiger partial charge in [-0.25, -0.2) is 0 Å². The van der Waals surface area contributed by atoms with Gasteiger partial charge in [0.1, 0.15) is 12.3 Å². The number of carbonyl (C=O) groups excluding carboxylic acids is 2. The lowest BCUT2D eigenvalue weighted by atomic mass is 9.93. The van der Waals surface area contributed by atoms with Gasteiger partial charge < -0.3 is 14.5 Å². The van der Waals surface area contributed by atoms with Crippen LogP contribution in [0.3, 0.4) is 0 Å². The lowest BCUT2D eigenvalue weighted by molar-refractivity contribution is -0.134. The molecule has 4 rings (SSSR count). The van der Waals surface area contributed by atoms with Gasteiger partial charge in [0, 0.05) is 17.5 Å². The van der Waals surface area contributed by atoms with Crippen LogP contribution in [0.5, 0.6) is 5.75 Å². The molecule has 1 aliphatic rings. The van der Waals surface area contributed by atoms with Gasteiger partial charge in [-0.2, -0.15) is 0 Å². The molecule has 0 fully saturated rings. The molecular formula is C25H28N2O3S2. The Hall–Kier alpha value is -2.64.